The van der Waals surface area contributed by atoms with Crippen LogP contribution in [-0.2, 0) is 9.47 Å². The van der Waals surface area contributed by atoms with Crippen LogP contribution in [0.1, 0.15) is 61.3 Å². The van der Waals surface area contributed by atoms with E-state index in [4.69, 9.17) is 9.47 Å². The van der Waals surface area contributed by atoms with Crippen LogP contribution < -0.4 is 0 Å². The molecule has 150 valence electrons. The predicted octanol–water partition coefficient (Wildman–Crippen LogP) is 5.53. The fourth-order valence-corrected chi connectivity index (χ4v) is 3.35. The van der Waals surface area contributed by atoms with E-state index in [0.717, 1.165) is 6.42 Å². The molecule has 0 aliphatic carbocycles. The Balaban J connectivity index is 2.12. The van der Waals surface area contributed by atoms with E-state index in [0.29, 0.717) is 23.5 Å². The van der Waals surface area contributed by atoms with Gasteiger partial charge in [-0.15, -0.1) is 0 Å². The Morgan fingerprint density at radius 1 is 0.786 bits per heavy atom. The molecule has 2 aromatic carbocycles. The van der Waals surface area contributed by atoms with Gasteiger partial charge in [0.2, 0.25) is 0 Å². The maximum atomic E-state index is 12.6. The molecular weight excluding hydrogens is 352 g/mol. The summed E-state index contributed by atoms with van der Waals surface area (Å²) in [5, 5.41) is 0. The number of carbonyl (C=O) groups excluding carboxylic acids is 2. The normalized spacial score (nSPS) is 14.2. The molecule has 0 aromatic heterocycles. The summed E-state index contributed by atoms with van der Waals surface area (Å²) in [4.78, 5) is 25.0. The minimum atomic E-state index is -0.370. The Kier molecular flexibility index (Phi) is 8.24. The van der Waals surface area contributed by atoms with Crippen LogP contribution in [0.25, 0.3) is 0 Å². The first-order valence-corrected chi connectivity index (χ1v) is 9.94. The van der Waals surface area contributed by atoms with Crippen molar-refractivity contribution in [1.29, 1.82) is 0 Å². The Labute approximate surface area is 167 Å². The average molecular weight is 383 g/mol. The van der Waals surface area contributed by atoms with E-state index in [1.807, 2.05) is 50.2 Å². The zero-order valence-corrected chi connectivity index (χ0v) is 17.1. The van der Waals surface area contributed by atoms with E-state index in [1.165, 1.54) is 0 Å². The molecule has 0 saturated heterocycles. The molecule has 0 bridgehead atoms. The monoisotopic (exact) mass is 382 g/mol. The first-order valence-electron chi connectivity index (χ1n) is 9.94. The van der Waals surface area contributed by atoms with Crippen molar-refractivity contribution in [3.8, 4) is 0 Å². The number of ether oxygens (including phenoxy) is 2. The zero-order valence-electron chi connectivity index (χ0n) is 17.1. The van der Waals surface area contributed by atoms with Gasteiger partial charge in [-0.1, -0.05) is 57.2 Å². The fraction of sp³-hybridized carbons (Fsp3) is 0.417. The van der Waals surface area contributed by atoms with Crippen molar-refractivity contribution in [2.75, 3.05) is 0 Å². The van der Waals surface area contributed by atoms with Crippen LogP contribution >= 0.6 is 0 Å². The fourth-order valence-electron chi connectivity index (χ4n) is 3.35. The van der Waals surface area contributed by atoms with Crippen molar-refractivity contribution in [2.45, 2.75) is 52.7 Å². The van der Waals surface area contributed by atoms with Crippen molar-refractivity contribution in [2.24, 2.45) is 11.8 Å². The maximum absolute atomic E-state index is 12.6. The van der Waals surface area contributed by atoms with Gasteiger partial charge in [-0.25, -0.2) is 9.59 Å². The van der Waals surface area contributed by atoms with E-state index in [-0.39, 0.29) is 30.1 Å². The van der Waals surface area contributed by atoms with Gasteiger partial charge in [0, 0.05) is 5.92 Å². The molecule has 0 aliphatic rings. The lowest BCUT2D eigenvalue weighted by atomic mass is 9.88. The summed E-state index contributed by atoms with van der Waals surface area (Å²) < 4.78 is 11.6. The third-order valence-electron chi connectivity index (χ3n) is 4.83. The minimum Gasteiger partial charge on any atom is -0.459 e. The molecule has 3 atom stereocenters. The van der Waals surface area contributed by atoms with E-state index in [1.54, 1.807) is 24.3 Å². The summed E-state index contributed by atoms with van der Waals surface area (Å²) in [6, 6.07) is 17.9. The van der Waals surface area contributed by atoms with Gasteiger partial charge in [-0.3, -0.25) is 0 Å². The summed E-state index contributed by atoms with van der Waals surface area (Å²) in [5.74, 6) is -0.433. The third-order valence-corrected chi connectivity index (χ3v) is 4.83. The Bertz CT molecular complexity index is 740. The van der Waals surface area contributed by atoms with Gasteiger partial charge in [-0.2, -0.15) is 0 Å². The number of rotatable bonds is 9. The number of carbonyl (C=O) groups is 2. The third kappa shape index (κ3) is 6.22. The summed E-state index contributed by atoms with van der Waals surface area (Å²) in [6.07, 6.45) is 0.758. The lowest BCUT2D eigenvalue weighted by Gasteiger charge is -2.31. The highest BCUT2D eigenvalue weighted by molar-refractivity contribution is 5.90. The van der Waals surface area contributed by atoms with Crippen LogP contribution in [0.3, 0.4) is 0 Å². The Morgan fingerprint density at radius 3 is 1.68 bits per heavy atom. The van der Waals surface area contributed by atoms with Crippen molar-refractivity contribution in [3.05, 3.63) is 71.8 Å². The SMILES string of the molecule is CCC(C(C)OC(=O)c1ccccc1)C(CC(C)C)OC(=O)c1ccccc1. The molecule has 28 heavy (non-hydrogen) atoms. The molecule has 0 aliphatic heterocycles. The Hall–Kier alpha value is -2.62. The number of hydrogen-bond acceptors (Lipinski definition) is 4. The van der Waals surface area contributed by atoms with Gasteiger partial charge in [0.15, 0.2) is 0 Å². The van der Waals surface area contributed by atoms with Crippen molar-refractivity contribution in [3.63, 3.8) is 0 Å². The van der Waals surface area contributed by atoms with Crippen molar-refractivity contribution < 1.29 is 19.1 Å². The number of benzene rings is 2. The standard InChI is InChI=1S/C24H30O4/c1-5-21(18(4)27-23(25)19-12-8-6-9-13-19)22(16-17(2)3)28-24(26)20-14-10-7-11-15-20/h6-15,17-18,21-22H,5,16H2,1-4H3. The minimum absolute atomic E-state index is 0.0808. The molecule has 4 nitrogen and oxygen atoms in total. The Morgan fingerprint density at radius 2 is 1.25 bits per heavy atom. The molecule has 0 amide bonds. The quantitative estimate of drug-likeness (QED) is 0.535. The predicted molar refractivity (Wildman–Crippen MR) is 110 cm³/mol. The van der Waals surface area contributed by atoms with Gasteiger partial charge in [-0.05, 0) is 49.9 Å². The van der Waals surface area contributed by atoms with E-state index < -0.39 is 0 Å². The number of hydrogen-bond donors (Lipinski definition) is 0. The molecule has 0 spiro atoms. The second kappa shape index (κ2) is 10.6. The maximum Gasteiger partial charge on any atom is 0.338 e. The van der Waals surface area contributed by atoms with Crippen molar-refractivity contribution >= 4 is 11.9 Å². The van der Waals surface area contributed by atoms with Crippen LogP contribution in [0.4, 0.5) is 0 Å². The summed E-state index contributed by atoms with van der Waals surface area (Å²) in [7, 11) is 0. The van der Waals surface area contributed by atoms with Gasteiger partial charge in [0.25, 0.3) is 0 Å². The summed E-state index contributed by atoms with van der Waals surface area (Å²) in [5.41, 5.74) is 1.05. The van der Waals surface area contributed by atoms with E-state index in [2.05, 4.69) is 13.8 Å². The topological polar surface area (TPSA) is 52.6 Å². The lowest BCUT2D eigenvalue weighted by molar-refractivity contribution is -0.0344. The summed E-state index contributed by atoms with van der Waals surface area (Å²) in [6.45, 7) is 8.09. The summed E-state index contributed by atoms with van der Waals surface area (Å²) >= 11 is 0. The molecule has 0 saturated carbocycles. The largest absolute Gasteiger partial charge is 0.459 e. The molecule has 2 rings (SSSR count). The molecule has 3 unspecified atom stereocenters. The van der Waals surface area contributed by atoms with E-state index >= 15 is 0 Å². The van der Waals surface area contributed by atoms with Gasteiger partial charge in [0.1, 0.15) is 12.2 Å². The molecule has 0 fully saturated rings. The zero-order chi connectivity index (χ0) is 20.5. The van der Waals surface area contributed by atoms with Crippen LogP contribution in [0, 0.1) is 11.8 Å². The molecule has 0 N–H and O–H groups in total. The van der Waals surface area contributed by atoms with E-state index in [9.17, 15) is 9.59 Å². The number of esters is 2. The molecule has 0 radical (unpaired) electrons. The van der Waals surface area contributed by atoms with Crippen LogP contribution in [-0.4, -0.2) is 24.1 Å². The molecule has 4 heteroatoms. The first-order chi connectivity index (χ1) is 13.4. The highest BCUT2D eigenvalue weighted by Gasteiger charge is 2.32. The van der Waals surface area contributed by atoms with Gasteiger partial charge in [0.05, 0.1) is 11.1 Å². The highest BCUT2D eigenvalue weighted by Crippen LogP contribution is 2.26. The van der Waals surface area contributed by atoms with Crippen LogP contribution in [0.2, 0.25) is 0 Å². The lowest BCUT2D eigenvalue weighted by Crippen LogP contribution is -2.37. The van der Waals surface area contributed by atoms with Crippen molar-refractivity contribution in [1.82, 2.24) is 0 Å². The van der Waals surface area contributed by atoms with Gasteiger partial charge >= 0.3 is 11.9 Å². The molecular formula is C24H30O4. The van der Waals surface area contributed by atoms with Crippen LogP contribution in [0.5, 0.6) is 0 Å². The average Bonchev–Trinajstić information content (AvgIpc) is 2.69. The molecule has 2 aromatic rings. The second-order valence-corrected chi connectivity index (χ2v) is 7.49. The van der Waals surface area contributed by atoms with Crippen LogP contribution in [0.15, 0.2) is 60.7 Å². The second-order valence-electron chi connectivity index (χ2n) is 7.49. The highest BCUT2D eigenvalue weighted by atomic mass is 16.6. The smallest absolute Gasteiger partial charge is 0.338 e. The molecule has 0 heterocycles. The van der Waals surface area contributed by atoms with Gasteiger partial charge < -0.3 is 9.47 Å². The first kappa shape index (κ1) is 21.7.